The van der Waals surface area contributed by atoms with Crippen LogP contribution in [0.4, 0.5) is 0 Å². The topological polar surface area (TPSA) is 100 Å². The fourth-order valence-electron chi connectivity index (χ4n) is 3.75. The molecule has 1 amide bonds. The van der Waals surface area contributed by atoms with Gasteiger partial charge in [0.05, 0.1) is 26.5 Å². The van der Waals surface area contributed by atoms with Gasteiger partial charge in [0.2, 0.25) is 0 Å². The molecule has 4 rings (SSSR count). The molecule has 35 heavy (non-hydrogen) atoms. The molecule has 1 N–H and O–H groups in total. The van der Waals surface area contributed by atoms with Crippen LogP contribution in [0.1, 0.15) is 22.8 Å². The van der Waals surface area contributed by atoms with Crippen LogP contribution in [-0.4, -0.2) is 53.5 Å². The Bertz CT molecular complexity index is 1290. The van der Waals surface area contributed by atoms with Gasteiger partial charge in [-0.2, -0.15) is 0 Å². The molecule has 9 heteroatoms. The average Bonchev–Trinajstić information content (AvgIpc) is 3.44. The van der Waals surface area contributed by atoms with Crippen LogP contribution in [0.5, 0.6) is 17.2 Å². The van der Waals surface area contributed by atoms with Gasteiger partial charge in [-0.1, -0.05) is 24.3 Å². The Hall–Kier alpha value is -4.40. The summed E-state index contributed by atoms with van der Waals surface area (Å²) in [5, 5.41) is 14.4. The molecule has 1 heterocycles. The summed E-state index contributed by atoms with van der Waals surface area (Å²) in [7, 11) is 3.20. The first-order valence-electron chi connectivity index (χ1n) is 11.2. The summed E-state index contributed by atoms with van der Waals surface area (Å²) in [6, 6.07) is 19.0. The first kappa shape index (κ1) is 23.7. The summed E-state index contributed by atoms with van der Waals surface area (Å²) in [5.74, 6) is 1.86. The number of methoxy groups -OCH3 is 2. The first-order chi connectivity index (χ1) is 17.1. The molecular weight excluding hydrogens is 446 g/mol. The van der Waals surface area contributed by atoms with Crippen molar-refractivity contribution in [2.45, 2.75) is 13.3 Å². The molecule has 9 nitrogen and oxygen atoms in total. The van der Waals surface area contributed by atoms with E-state index in [0.29, 0.717) is 42.3 Å². The van der Waals surface area contributed by atoms with Crippen molar-refractivity contribution in [3.8, 4) is 34.1 Å². The lowest BCUT2D eigenvalue weighted by Crippen LogP contribution is -2.26. The Labute approximate surface area is 203 Å². The number of ether oxygens (including phenoxy) is 3. The summed E-state index contributed by atoms with van der Waals surface area (Å²) < 4.78 is 18.0. The highest BCUT2D eigenvalue weighted by Gasteiger charge is 2.14. The monoisotopic (exact) mass is 473 g/mol. The van der Waals surface area contributed by atoms with Gasteiger partial charge < -0.3 is 19.5 Å². The number of carbonyl (C=O) groups excluding carboxylic acids is 1. The fraction of sp³-hybridized carbons (Fsp3) is 0.231. The minimum atomic E-state index is -0.199. The van der Waals surface area contributed by atoms with Crippen molar-refractivity contribution in [1.82, 2.24) is 25.5 Å². The van der Waals surface area contributed by atoms with Crippen LogP contribution in [0.3, 0.4) is 0 Å². The largest absolute Gasteiger partial charge is 0.493 e. The minimum absolute atomic E-state index is 0.199. The summed E-state index contributed by atoms with van der Waals surface area (Å²) in [6.45, 7) is 2.92. The Morgan fingerprint density at radius 1 is 0.971 bits per heavy atom. The highest BCUT2D eigenvalue weighted by molar-refractivity contribution is 5.96. The van der Waals surface area contributed by atoms with Crippen LogP contribution >= 0.6 is 0 Å². The van der Waals surface area contributed by atoms with Gasteiger partial charge in [-0.3, -0.25) is 4.79 Å². The quantitative estimate of drug-likeness (QED) is 0.375. The van der Waals surface area contributed by atoms with Gasteiger partial charge in [0.15, 0.2) is 11.5 Å². The van der Waals surface area contributed by atoms with Crippen LogP contribution in [0.15, 0.2) is 67.0 Å². The SMILES string of the molecule is CCOc1ccccc1-c1cc(C(=O)NCCc2ccc(OC)c(OC)c2)cc(-n2cnnn2)c1. The Balaban J connectivity index is 1.57. The Kier molecular flexibility index (Phi) is 7.57. The summed E-state index contributed by atoms with van der Waals surface area (Å²) in [5.41, 5.74) is 3.89. The van der Waals surface area contributed by atoms with E-state index in [4.69, 9.17) is 14.2 Å². The lowest BCUT2D eigenvalue weighted by Gasteiger charge is -2.14. The molecule has 0 atom stereocenters. The maximum absolute atomic E-state index is 13.1. The van der Waals surface area contributed by atoms with Crippen LogP contribution in [0.2, 0.25) is 0 Å². The van der Waals surface area contributed by atoms with Gasteiger partial charge in [-0.25, -0.2) is 4.68 Å². The number of aromatic nitrogens is 4. The van der Waals surface area contributed by atoms with Crippen LogP contribution < -0.4 is 19.5 Å². The molecule has 4 aromatic rings. The summed E-state index contributed by atoms with van der Waals surface area (Å²) in [6.07, 6.45) is 2.13. The summed E-state index contributed by atoms with van der Waals surface area (Å²) in [4.78, 5) is 13.1. The average molecular weight is 474 g/mol. The van der Waals surface area contributed by atoms with Crippen molar-refractivity contribution in [2.75, 3.05) is 27.4 Å². The second-order valence-corrected chi connectivity index (χ2v) is 7.65. The van der Waals surface area contributed by atoms with Gasteiger partial charge in [0, 0.05) is 17.7 Å². The zero-order valence-corrected chi connectivity index (χ0v) is 19.9. The van der Waals surface area contributed by atoms with Gasteiger partial charge in [0.25, 0.3) is 5.91 Å². The van der Waals surface area contributed by atoms with E-state index >= 15 is 0 Å². The molecule has 0 aliphatic carbocycles. The van der Waals surface area contributed by atoms with E-state index in [2.05, 4.69) is 20.8 Å². The third-order valence-corrected chi connectivity index (χ3v) is 5.44. The molecule has 0 fully saturated rings. The van der Waals surface area contributed by atoms with Crippen molar-refractivity contribution in [2.24, 2.45) is 0 Å². The Morgan fingerprint density at radius 2 is 1.80 bits per heavy atom. The van der Waals surface area contributed by atoms with E-state index in [1.807, 2.05) is 61.5 Å². The molecule has 0 aliphatic rings. The van der Waals surface area contributed by atoms with Crippen molar-refractivity contribution in [3.05, 3.63) is 78.1 Å². The van der Waals surface area contributed by atoms with E-state index in [-0.39, 0.29) is 5.91 Å². The van der Waals surface area contributed by atoms with E-state index in [9.17, 15) is 4.79 Å². The number of tetrazole rings is 1. The Morgan fingerprint density at radius 3 is 2.54 bits per heavy atom. The molecule has 0 spiro atoms. The predicted octanol–water partition coefficient (Wildman–Crippen LogP) is 3.72. The molecule has 0 bridgehead atoms. The summed E-state index contributed by atoms with van der Waals surface area (Å²) >= 11 is 0. The third kappa shape index (κ3) is 5.57. The number of rotatable bonds is 10. The zero-order valence-electron chi connectivity index (χ0n) is 19.9. The maximum atomic E-state index is 13.1. The van der Waals surface area contributed by atoms with Gasteiger partial charge in [-0.15, -0.1) is 5.10 Å². The number of benzene rings is 3. The van der Waals surface area contributed by atoms with E-state index in [1.165, 1.54) is 11.0 Å². The lowest BCUT2D eigenvalue weighted by molar-refractivity contribution is 0.0954. The van der Waals surface area contributed by atoms with Crippen LogP contribution in [-0.2, 0) is 6.42 Å². The number of amides is 1. The normalized spacial score (nSPS) is 10.6. The van der Waals surface area contributed by atoms with Gasteiger partial charge in [-0.05, 0) is 71.3 Å². The minimum Gasteiger partial charge on any atom is -0.493 e. The molecule has 1 aromatic heterocycles. The smallest absolute Gasteiger partial charge is 0.251 e. The number of nitrogens with zero attached hydrogens (tertiary/aromatic N) is 4. The fourth-order valence-corrected chi connectivity index (χ4v) is 3.75. The molecule has 0 radical (unpaired) electrons. The van der Waals surface area contributed by atoms with Gasteiger partial charge >= 0.3 is 0 Å². The van der Waals surface area contributed by atoms with E-state index in [1.54, 1.807) is 20.3 Å². The highest BCUT2D eigenvalue weighted by Crippen LogP contribution is 2.32. The zero-order chi connectivity index (χ0) is 24.6. The van der Waals surface area contributed by atoms with Crippen molar-refractivity contribution in [3.63, 3.8) is 0 Å². The number of carbonyl (C=O) groups is 1. The number of para-hydroxylation sites is 1. The molecule has 0 aliphatic heterocycles. The lowest BCUT2D eigenvalue weighted by atomic mass is 10.0. The molecule has 180 valence electrons. The van der Waals surface area contributed by atoms with E-state index < -0.39 is 0 Å². The van der Waals surface area contributed by atoms with Crippen LogP contribution in [0.25, 0.3) is 16.8 Å². The van der Waals surface area contributed by atoms with Crippen molar-refractivity contribution < 1.29 is 19.0 Å². The number of nitrogens with one attached hydrogen (secondary N) is 1. The highest BCUT2D eigenvalue weighted by atomic mass is 16.5. The van der Waals surface area contributed by atoms with Crippen molar-refractivity contribution >= 4 is 5.91 Å². The molecule has 0 saturated carbocycles. The standard InChI is InChI=1S/C26H27N5O4/c1-4-35-23-8-6-5-7-22(23)19-14-20(16-21(15-19)31-17-28-29-30-31)26(32)27-12-11-18-9-10-24(33-2)25(13-18)34-3/h5-10,13-17H,4,11-12H2,1-3H3,(H,27,32). The molecule has 0 unspecified atom stereocenters. The van der Waals surface area contributed by atoms with E-state index in [0.717, 1.165) is 22.4 Å². The van der Waals surface area contributed by atoms with Crippen LogP contribution in [0, 0.1) is 0 Å². The first-order valence-corrected chi connectivity index (χ1v) is 11.2. The second kappa shape index (κ2) is 11.1. The third-order valence-electron chi connectivity index (χ3n) is 5.44. The maximum Gasteiger partial charge on any atom is 0.251 e. The molecular formula is C26H27N5O4. The second-order valence-electron chi connectivity index (χ2n) is 7.65. The molecule has 0 saturated heterocycles. The van der Waals surface area contributed by atoms with Gasteiger partial charge in [0.1, 0.15) is 12.1 Å². The number of hydrogen-bond donors (Lipinski definition) is 1. The molecule has 3 aromatic carbocycles. The predicted molar refractivity (Wildman–Crippen MR) is 131 cm³/mol. The number of hydrogen-bond acceptors (Lipinski definition) is 7. The van der Waals surface area contributed by atoms with Crippen molar-refractivity contribution in [1.29, 1.82) is 0 Å².